The van der Waals surface area contributed by atoms with E-state index in [-0.39, 0.29) is 5.97 Å². The van der Waals surface area contributed by atoms with Crippen LogP contribution in [0.25, 0.3) is 0 Å². The summed E-state index contributed by atoms with van der Waals surface area (Å²) in [4.78, 5) is 13.9. The van der Waals surface area contributed by atoms with E-state index in [1.54, 1.807) is 0 Å². The molecule has 1 aromatic rings. The lowest BCUT2D eigenvalue weighted by molar-refractivity contribution is 0.00358. The lowest BCUT2D eigenvalue weighted by Crippen LogP contribution is -2.39. The third kappa shape index (κ3) is 4.53. The van der Waals surface area contributed by atoms with Crippen LogP contribution in [0.4, 0.5) is 0 Å². The molecule has 0 N–H and O–H groups in total. The fourth-order valence-corrected chi connectivity index (χ4v) is 3.19. The summed E-state index contributed by atoms with van der Waals surface area (Å²) in [6.45, 7) is 5.75. The Morgan fingerprint density at radius 1 is 1.48 bits per heavy atom. The van der Waals surface area contributed by atoms with E-state index in [0.29, 0.717) is 11.7 Å². The second-order valence-corrected chi connectivity index (χ2v) is 6.11. The molecule has 0 radical (unpaired) electrons. The summed E-state index contributed by atoms with van der Waals surface area (Å²) in [5, 5.41) is 0. The molecule has 1 aliphatic heterocycles. The van der Waals surface area contributed by atoms with E-state index in [1.165, 1.54) is 19.1 Å². The molecule has 4 nitrogen and oxygen atoms in total. The summed E-state index contributed by atoms with van der Waals surface area (Å²) in [5.74, 6) is -0.309. The van der Waals surface area contributed by atoms with Gasteiger partial charge in [0.15, 0.2) is 0 Å². The van der Waals surface area contributed by atoms with Gasteiger partial charge < -0.3 is 9.47 Å². The minimum absolute atomic E-state index is 0.309. The number of piperidine rings is 1. The van der Waals surface area contributed by atoms with Crippen LogP contribution >= 0.6 is 15.9 Å². The van der Waals surface area contributed by atoms with Gasteiger partial charge >= 0.3 is 5.97 Å². The molecule has 2 rings (SSSR count). The highest BCUT2D eigenvalue weighted by Crippen LogP contribution is 2.23. The van der Waals surface area contributed by atoms with Gasteiger partial charge in [-0.3, -0.25) is 4.90 Å². The minimum atomic E-state index is -0.309. The lowest BCUT2D eigenvalue weighted by Gasteiger charge is -2.32. The zero-order chi connectivity index (χ0) is 15.2. The van der Waals surface area contributed by atoms with E-state index in [2.05, 4.69) is 20.8 Å². The second kappa shape index (κ2) is 7.92. The van der Waals surface area contributed by atoms with E-state index in [9.17, 15) is 4.79 Å². The first-order chi connectivity index (χ1) is 10.1. The van der Waals surface area contributed by atoms with Gasteiger partial charge in [0.25, 0.3) is 0 Å². The molecule has 1 aromatic carbocycles. The number of hydrogen-bond donors (Lipinski definition) is 0. The van der Waals surface area contributed by atoms with Crippen molar-refractivity contribution < 1.29 is 14.3 Å². The van der Waals surface area contributed by atoms with Gasteiger partial charge in [-0.05, 0) is 44.0 Å². The molecule has 0 amide bonds. The maximum Gasteiger partial charge on any atom is 0.337 e. The van der Waals surface area contributed by atoms with Crippen molar-refractivity contribution in [2.45, 2.75) is 32.4 Å². The highest BCUT2D eigenvalue weighted by atomic mass is 79.9. The predicted molar refractivity (Wildman–Crippen MR) is 85.4 cm³/mol. The molecular formula is C16H22BrNO3. The molecule has 5 heteroatoms. The quantitative estimate of drug-likeness (QED) is 0.760. The fraction of sp³-hybridized carbons (Fsp3) is 0.562. The van der Waals surface area contributed by atoms with Crippen molar-refractivity contribution >= 4 is 21.9 Å². The van der Waals surface area contributed by atoms with Crippen LogP contribution in [0.1, 0.15) is 35.7 Å². The van der Waals surface area contributed by atoms with Gasteiger partial charge in [-0.2, -0.15) is 0 Å². The van der Waals surface area contributed by atoms with Crippen LogP contribution in [0.5, 0.6) is 0 Å². The number of rotatable bonds is 5. The Labute approximate surface area is 134 Å². The molecule has 0 saturated carbocycles. The summed E-state index contributed by atoms with van der Waals surface area (Å²) in [6.07, 6.45) is 2.66. The number of methoxy groups -OCH3 is 1. The van der Waals surface area contributed by atoms with Crippen LogP contribution in [0.15, 0.2) is 22.7 Å². The SMILES string of the molecule is CCOC1CCCN(Cc2ccc(C(=O)OC)cc2Br)C1. The summed E-state index contributed by atoms with van der Waals surface area (Å²) in [7, 11) is 1.39. The van der Waals surface area contributed by atoms with E-state index in [4.69, 9.17) is 9.47 Å². The summed E-state index contributed by atoms with van der Waals surface area (Å²) < 4.78 is 11.4. The highest BCUT2D eigenvalue weighted by molar-refractivity contribution is 9.10. The Balaban J connectivity index is 2.00. The molecule has 1 saturated heterocycles. The van der Waals surface area contributed by atoms with Crippen molar-refractivity contribution in [1.29, 1.82) is 0 Å². The first-order valence-electron chi connectivity index (χ1n) is 7.34. The number of nitrogens with zero attached hydrogens (tertiary/aromatic N) is 1. The van der Waals surface area contributed by atoms with Gasteiger partial charge in [-0.25, -0.2) is 4.79 Å². The fourth-order valence-electron chi connectivity index (χ4n) is 2.69. The standard InChI is InChI=1S/C16H22BrNO3/c1-3-21-14-5-4-8-18(11-14)10-13-7-6-12(9-15(13)17)16(19)20-2/h6-7,9,14H,3-5,8,10-11H2,1-2H3. The van der Waals surface area contributed by atoms with Gasteiger partial charge in [0.1, 0.15) is 0 Å². The van der Waals surface area contributed by atoms with Crippen LogP contribution < -0.4 is 0 Å². The summed E-state index contributed by atoms with van der Waals surface area (Å²) >= 11 is 3.55. The van der Waals surface area contributed by atoms with E-state index in [1.807, 2.05) is 25.1 Å². The molecule has 0 spiro atoms. The number of esters is 1. The Morgan fingerprint density at radius 2 is 2.29 bits per heavy atom. The average molecular weight is 356 g/mol. The van der Waals surface area contributed by atoms with Crippen molar-refractivity contribution in [2.75, 3.05) is 26.8 Å². The molecule has 116 valence electrons. The van der Waals surface area contributed by atoms with E-state index >= 15 is 0 Å². The smallest absolute Gasteiger partial charge is 0.337 e. The minimum Gasteiger partial charge on any atom is -0.465 e. The molecule has 1 atom stereocenters. The van der Waals surface area contributed by atoms with E-state index in [0.717, 1.165) is 37.1 Å². The average Bonchev–Trinajstić information content (AvgIpc) is 2.49. The Kier molecular flexibility index (Phi) is 6.21. The van der Waals surface area contributed by atoms with Gasteiger partial charge in [0.2, 0.25) is 0 Å². The lowest BCUT2D eigenvalue weighted by atomic mass is 10.1. The number of carbonyl (C=O) groups excluding carboxylic acids is 1. The maximum atomic E-state index is 11.5. The van der Waals surface area contributed by atoms with Gasteiger partial charge in [-0.15, -0.1) is 0 Å². The van der Waals surface area contributed by atoms with Gasteiger partial charge in [-0.1, -0.05) is 22.0 Å². The Bertz CT molecular complexity index is 490. The molecule has 1 aliphatic rings. The number of ether oxygens (including phenoxy) is 2. The Hall–Kier alpha value is -0.910. The number of hydrogen-bond acceptors (Lipinski definition) is 4. The maximum absolute atomic E-state index is 11.5. The molecule has 0 bridgehead atoms. The van der Waals surface area contributed by atoms with Crippen molar-refractivity contribution in [3.63, 3.8) is 0 Å². The predicted octanol–water partition coefficient (Wildman–Crippen LogP) is 3.24. The van der Waals surface area contributed by atoms with Crippen LogP contribution in [0.3, 0.4) is 0 Å². The third-order valence-electron chi connectivity index (χ3n) is 3.73. The largest absolute Gasteiger partial charge is 0.465 e. The molecule has 1 fully saturated rings. The third-order valence-corrected chi connectivity index (χ3v) is 4.47. The van der Waals surface area contributed by atoms with Crippen molar-refractivity contribution in [1.82, 2.24) is 4.90 Å². The van der Waals surface area contributed by atoms with Gasteiger partial charge in [0, 0.05) is 24.2 Å². The van der Waals surface area contributed by atoms with Crippen molar-refractivity contribution in [3.05, 3.63) is 33.8 Å². The molecule has 0 aliphatic carbocycles. The second-order valence-electron chi connectivity index (χ2n) is 5.25. The van der Waals surface area contributed by atoms with E-state index < -0.39 is 0 Å². The first-order valence-corrected chi connectivity index (χ1v) is 8.14. The zero-order valence-electron chi connectivity index (χ0n) is 12.6. The normalized spacial score (nSPS) is 19.5. The molecule has 1 unspecified atom stereocenters. The molecule has 0 aromatic heterocycles. The monoisotopic (exact) mass is 355 g/mol. The topological polar surface area (TPSA) is 38.8 Å². The van der Waals surface area contributed by atoms with Gasteiger partial charge in [0.05, 0.1) is 18.8 Å². The van der Waals surface area contributed by atoms with Crippen LogP contribution in [-0.2, 0) is 16.0 Å². The highest BCUT2D eigenvalue weighted by Gasteiger charge is 2.20. The van der Waals surface area contributed by atoms with Crippen LogP contribution in [-0.4, -0.2) is 43.8 Å². The summed E-state index contributed by atoms with van der Waals surface area (Å²) in [6, 6.07) is 5.63. The summed E-state index contributed by atoms with van der Waals surface area (Å²) in [5.41, 5.74) is 1.75. The number of carbonyl (C=O) groups is 1. The van der Waals surface area contributed by atoms with Crippen LogP contribution in [0.2, 0.25) is 0 Å². The molecule has 1 heterocycles. The number of benzene rings is 1. The van der Waals surface area contributed by atoms with Crippen molar-refractivity contribution in [2.24, 2.45) is 0 Å². The Morgan fingerprint density at radius 3 is 2.95 bits per heavy atom. The van der Waals surface area contributed by atoms with Crippen LogP contribution in [0, 0.1) is 0 Å². The number of halogens is 1. The molecular weight excluding hydrogens is 334 g/mol. The first kappa shape index (κ1) is 16.5. The number of likely N-dealkylation sites (tertiary alicyclic amines) is 1. The van der Waals surface area contributed by atoms with Crippen molar-refractivity contribution in [3.8, 4) is 0 Å². The zero-order valence-corrected chi connectivity index (χ0v) is 14.2. The molecule has 21 heavy (non-hydrogen) atoms.